The molecule has 10 heteroatoms. The van der Waals surface area contributed by atoms with Crippen LogP contribution in [0.2, 0.25) is 0 Å². The monoisotopic (exact) mass is 307 g/mol. The fourth-order valence-electron chi connectivity index (χ4n) is 1.06. The van der Waals surface area contributed by atoms with Crippen LogP contribution >= 0.6 is 15.9 Å². The lowest BCUT2D eigenvalue weighted by atomic mass is 10.7. The second-order valence-electron chi connectivity index (χ2n) is 2.80. The van der Waals surface area contributed by atoms with Gasteiger partial charge in [0, 0.05) is 13.1 Å². The van der Waals surface area contributed by atoms with E-state index in [0.29, 0.717) is 0 Å². The van der Waals surface area contributed by atoms with E-state index in [4.69, 9.17) is 0 Å². The maximum atomic E-state index is 11.9. The first-order valence-corrected chi connectivity index (χ1v) is 6.27. The standard InChI is InChI=1S/C6H6BrN5O3S/c1-12-6(5(7)8-11-12)16(13,14)10-4-2-3-15-9-4/h2-3H,1H3,(H,9,10). The molecule has 86 valence electrons. The molecule has 1 N–H and O–H groups in total. The first-order valence-electron chi connectivity index (χ1n) is 3.99. The Kier molecular flexibility index (Phi) is 2.68. The summed E-state index contributed by atoms with van der Waals surface area (Å²) in [6.45, 7) is 0. The number of hydrogen-bond donors (Lipinski definition) is 1. The van der Waals surface area contributed by atoms with E-state index in [9.17, 15) is 8.42 Å². The molecular formula is C6H6BrN5O3S. The molecule has 0 spiro atoms. The molecule has 0 amide bonds. The highest BCUT2D eigenvalue weighted by Gasteiger charge is 2.24. The first-order chi connectivity index (χ1) is 7.50. The van der Waals surface area contributed by atoms with Gasteiger partial charge < -0.3 is 4.52 Å². The summed E-state index contributed by atoms with van der Waals surface area (Å²) in [5.41, 5.74) is 0. The van der Waals surface area contributed by atoms with E-state index in [0.717, 1.165) is 4.68 Å². The third kappa shape index (κ3) is 1.93. The van der Waals surface area contributed by atoms with Gasteiger partial charge in [0.1, 0.15) is 6.26 Å². The number of nitrogens with zero attached hydrogens (tertiary/aromatic N) is 4. The molecule has 0 aliphatic rings. The highest BCUT2D eigenvalue weighted by molar-refractivity contribution is 9.10. The molecule has 2 aromatic heterocycles. The minimum Gasteiger partial charge on any atom is -0.363 e. The summed E-state index contributed by atoms with van der Waals surface area (Å²) in [5, 5.41) is 10.5. The van der Waals surface area contributed by atoms with Crippen LogP contribution < -0.4 is 4.72 Å². The minimum absolute atomic E-state index is 0.0875. The van der Waals surface area contributed by atoms with Crippen LogP contribution in [0.1, 0.15) is 0 Å². The molecule has 8 nitrogen and oxygen atoms in total. The van der Waals surface area contributed by atoms with Crippen LogP contribution in [-0.2, 0) is 17.1 Å². The molecule has 0 atom stereocenters. The van der Waals surface area contributed by atoms with Gasteiger partial charge in [-0.25, -0.2) is 4.68 Å². The van der Waals surface area contributed by atoms with E-state index >= 15 is 0 Å². The molecule has 2 heterocycles. The second-order valence-corrected chi connectivity index (χ2v) is 5.15. The first kappa shape index (κ1) is 11.1. The van der Waals surface area contributed by atoms with Crippen LogP contribution in [0, 0.1) is 0 Å². The van der Waals surface area contributed by atoms with Gasteiger partial charge >= 0.3 is 0 Å². The fourth-order valence-corrected chi connectivity index (χ4v) is 3.15. The van der Waals surface area contributed by atoms with Crippen LogP contribution in [0.4, 0.5) is 5.82 Å². The Morgan fingerprint density at radius 1 is 1.56 bits per heavy atom. The highest BCUT2D eigenvalue weighted by Crippen LogP contribution is 2.20. The largest absolute Gasteiger partial charge is 0.363 e. The topological polar surface area (TPSA) is 103 Å². The summed E-state index contributed by atoms with van der Waals surface area (Å²) in [4.78, 5) is 0. The number of hydrogen-bond acceptors (Lipinski definition) is 6. The zero-order chi connectivity index (χ0) is 11.8. The molecule has 2 rings (SSSR count). The third-order valence-electron chi connectivity index (χ3n) is 1.67. The number of nitrogens with one attached hydrogen (secondary N) is 1. The highest BCUT2D eigenvalue weighted by atomic mass is 79.9. The Bertz CT molecular complexity index is 570. The second kappa shape index (κ2) is 3.87. The summed E-state index contributed by atoms with van der Waals surface area (Å²) < 4.78 is 31.7. The lowest BCUT2D eigenvalue weighted by Gasteiger charge is -2.03. The number of anilines is 1. The molecule has 0 saturated heterocycles. The van der Waals surface area contributed by atoms with E-state index in [1.165, 1.54) is 19.4 Å². The van der Waals surface area contributed by atoms with Gasteiger partial charge in [0.2, 0.25) is 5.03 Å². The van der Waals surface area contributed by atoms with Crippen molar-refractivity contribution in [2.75, 3.05) is 4.72 Å². The lowest BCUT2D eigenvalue weighted by molar-refractivity contribution is 0.423. The lowest BCUT2D eigenvalue weighted by Crippen LogP contribution is -2.17. The SMILES string of the molecule is Cn1nnc(Br)c1S(=O)(=O)Nc1ccon1. The van der Waals surface area contributed by atoms with Gasteiger partial charge in [-0.05, 0) is 15.9 Å². The Balaban J connectivity index is 2.40. The van der Waals surface area contributed by atoms with Gasteiger partial charge in [-0.2, -0.15) is 8.42 Å². The van der Waals surface area contributed by atoms with E-state index in [-0.39, 0.29) is 15.4 Å². The molecule has 2 aromatic rings. The van der Waals surface area contributed by atoms with E-state index in [1.807, 2.05) is 0 Å². The maximum absolute atomic E-state index is 11.9. The number of aromatic nitrogens is 4. The van der Waals surface area contributed by atoms with Crippen LogP contribution in [-0.4, -0.2) is 28.6 Å². The van der Waals surface area contributed by atoms with Crippen molar-refractivity contribution in [3.63, 3.8) is 0 Å². The van der Waals surface area contributed by atoms with Gasteiger partial charge in [-0.15, -0.1) is 5.10 Å². The zero-order valence-corrected chi connectivity index (χ0v) is 10.4. The van der Waals surface area contributed by atoms with Crippen LogP contribution in [0.3, 0.4) is 0 Å². The Labute approximate surface area is 98.8 Å². The summed E-state index contributed by atoms with van der Waals surface area (Å²) in [6, 6.07) is 1.38. The Morgan fingerprint density at radius 3 is 2.81 bits per heavy atom. The van der Waals surface area contributed by atoms with Crippen molar-refractivity contribution in [2.45, 2.75) is 5.03 Å². The smallest absolute Gasteiger partial charge is 0.283 e. The van der Waals surface area contributed by atoms with Gasteiger partial charge in [0.25, 0.3) is 10.0 Å². The van der Waals surface area contributed by atoms with Gasteiger partial charge in [0.05, 0.1) is 0 Å². The fraction of sp³-hybridized carbons (Fsp3) is 0.167. The Hall–Kier alpha value is -1.42. The van der Waals surface area contributed by atoms with Gasteiger partial charge in [-0.3, -0.25) is 4.72 Å². The summed E-state index contributed by atoms with van der Waals surface area (Å²) >= 11 is 3.00. The van der Waals surface area contributed by atoms with Crippen LogP contribution in [0.25, 0.3) is 0 Å². The van der Waals surface area contributed by atoms with Crippen molar-refractivity contribution in [3.05, 3.63) is 16.9 Å². The normalized spacial score (nSPS) is 11.6. The molecule has 0 fully saturated rings. The summed E-state index contributed by atoms with van der Waals surface area (Å²) in [7, 11) is -2.32. The predicted molar refractivity (Wildman–Crippen MR) is 56.0 cm³/mol. The average molecular weight is 308 g/mol. The molecular weight excluding hydrogens is 302 g/mol. The molecule has 16 heavy (non-hydrogen) atoms. The van der Waals surface area contributed by atoms with Crippen molar-refractivity contribution in [2.24, 2.45) is 7.05 Å². The number of rotatable bonds is 3. The average Bonchev–Trinajstić information content (AvgIpc) is 2.76. The van der Waals surface area contributed by atoms with Crippen molar-refractivity contribution in [1.82, 2.24) is 20.2 Å². The van der Waals surface area contributed by atoms with Crippen molar-refractivity contribution >= 4 is 31.8 Å². The van der Waals surface area contributed by atoms with Crippen LogP contribution in [0.5, 0.6) is 0 Å². The number of halogens is 1. The maximum Gasteiger partial charge on any atom is 0.283 e. The number of aryl methyl sites for hydroxylation is 1. The summed E-state index contributed by atoms with van der Waals surface area (Å²) in [6.07, 6.45) is 1.26. The van der Waals surface area contributed by atoms with Crippen LogP contribution in [0.15, 0.2) is 26.5 Å². The zero-order valence-electron chi connectivity index (χ0n) is 7.95. The Morgan fingerprint density at radius 2 is 2.31 bits per heavy atom. The van der Waals surface area contributed by atoms with Gasteiger partial charge in [-0.1, -0.05) is 10.4 Å². The molecule has 0 unspecified atom stereocenters. The molecule has 0 saturated carbocycles. The minimum atomic E-state index is -3.78. The van der Waals surface area contributed by atoms with Gasteiger partial charge in [0.15, 0.2) is 10.4 Å². The van der Waals surface area contributed by atoms with Crippen molar-refractivity contribution < 1.29 is 12.9 Å². The van der Waals surface area contributed by atoms with Crippen molar-refractivity contribution in [1.29, 1.82) is 0 Å². The van der Waals surface area contributed by atoms with E-state index < -0.39 is 10.0 Å². The summed E-state index contributed by atoms with van der Waals surface area (Å²) in [5.74, 6) is 0.0908. The van der Waals surface area contributed by atoms with E-state index in [2.05, 4.69) is 40.6 Å². The van der Waals surface area contributed by atoms with Crippen molar-refractivity contribution in [3.8, 4) is 0 Å². The number of sulfonamides is 1. The predicted octanol–water partition coefficient (Wildman–Crippen LogP) is 0.366. The quantitative estimate of drug-likeness (QED) is 0.878. The molecule has 0 bridgehead atoms. The van der Waals surface area contributed by atoms with E-state index in [1.54, 1.807) is 0 Å². The molecule has 0 aliphatic carbocycles. The molecule has 0 aliphatic heterocycles. The molecule has 0 radical (unpaired) electrons. The third-order valence-corrected chi connectivity index (χ3v) is 3.91. The molecule has 0 aromatic carbocycles.